The van der Waals surface area contributed by atoms with Crippen molar-refractivity contribution in [1.29, 1.82) is 0 Å². The predicted octanol–water partition coefficient (Wildman–Crippen LogP) is 3.77. The summed E-state index contributed by atoms with van der Waals surface area (Å²) in [6, 6.07) is 16.9. The zero-order valence-electron chi connectivity index (χ0n) is 14.1. The van der Waals surface area contributed by atoms with Crippen molar-refractivity contribution in [3.8, 4) is 17.0 Å². The third-order valence-corrected chi connectivity index (χ3v) is 4.71. The average Bonchev–Trinajstić information content (AvgIpc) is 3.11. The summed E-state index contributed by atoms with van der Waals surface area (Å²) in [5.74, 6) is 0.180. The summed E-state index contributed by atoms with van der Waals surface area (Å²) >= 11 is 0. The molecule has 1 aliphatic heterocycles. The van der Waals surface area contributed by atoms with Crippen LogP contribution in [0.1, 0.15) is 6.42 Å². The van der Waals surface area contributed by atoms with Gasteiger partial charge in [0.25, 0.3) is 0 Å². The first-order valence-electron chi connectivity index (χ1n) is 8.54. The van der Waals surface area contributed by atoms with Crippen LogP contribution in [0.3, 0.4) is 0 Å². The topological polar surface area (TPSA) is 85.7 Å². The fraction of sp³-hybridized carbons (Fsp3) is 0.200. The molecule has 132 valence electrons. The van der Waals surface area contributed by atoms with Gasteiger partial charge in [-0.15, -0.1) is 0 Å². The molecule has 1 aliphatic rings. The Hall–Kier alpha value is -3.28. The maximum Gasteiger partial charge on any atom is 0.407 e. The molecule has 1 atom stereocenters. The summed E-state index contributed by atoms with van der Waals surface area (Å²) in [5, 5.41) is 23.8. The lowest BCUT2D eigenvalue weighted by molar-refractivity contribution is 0.155. The van der Waals surface area contributed by atoms with Gasteiger partial charge in [-0.05, 0) is 30.7 Å². The number of benzene rings is 2. The largest absolute Gasteiger partial charge is 0.507 e. The zero-order valence-corrected chi connectivity index (χ0v) is 14.1. The summed E-state index contributed by atoms with van der Waals surface area (Å²) in [6.45, 7) is 0.986. The normalized spacial score (nSPS) is 16.8. The summed E-state index contributed by atoms with van der Waals surface area (Å²) < 4.78 is 0. The first-order chi connectivity index (χ1) is 12.6. The highest BCUT2D eigenvalue weighted by atomic mass is 16.4. The lowest BCUT2D eigenvalue weighted by atomic mass is 10.1. The first-order valence-corrected chi connectivity index (χ1v) is 8.54. The Kier molecular flexibility index (Phi) is 4.08. The van der Waals surface area contributed by atoms with Crippen molar-refractivity contribution in [2.24, 2.45) is 0 Å². The number of phenolic OH excluding ortho intramolecular Hbond substituents is 1. The third kappa shape index (κ3) is 3.01. The number of anilines is 1. The quantitative estimate of drug-likeness (QED) is 0.670. The Bertz CT molecular complexity index is 973. The number of aromatic nitrogens is 1. The predicted molar refractivity (Wildman–Crippen MR) is 100 cm³/mol. The molecule has 0 saturated carbocycles. The van der Waals surface area contributed by atoms with E-state index >= 15 is 0 Å². The van der Waals surface area contributed by atoms with E-state index in [4.69, 9.17) is 5.11 Å². The molecule has 6 heteroatoms. The van der Waals surface area contributed by atoms with Crippen molar-refractivity contribution in [3.05, 3.63) is 54.6 Å². The molecule has 1 fully saturated rings. The van der Waals surface area contributed by atoms with Crippen molar-refractivity contribution in [3.63, 3.8) is 0 Å². The molecule has 6 nitrogen and oxygen atoms in total. The number of pyridine rings is 1. The molecule has 3 aromatic rings. The highest BCUT2D eigenvalue weighted by Crippen LogP contribution is 2.33. The van der Waals surface area contributed by atoms with Gasteiger partial charge in [-0.1, -0.05) is 30.3 Å². The van der Waals surface area contributed by atoms with Gasteiger partial charge in [-0.3, -0.25) is 0 Å². The summed E-state index contributed by atoms with van der Waals surface area (Å²) in [5.41, 5.74) is 3.06. The Morgan fingerprint density at radius 1 is 1.15 bits per heavy atom. The number of hydrogen-bond donors (Lipinski definition) is 3. The van der Waals surface area contributed by atoms with Crippen LogP contribution in [0.2, 0.25) is 0 Å². The molecule has 4 rings (SSSR count). The molecule has 1 amide bonds. The zero-order chi connectivity index (χ0) is 18.1. The van der Waals surface area contributed by atoms with Crippen LogP contribution >= 0.6 is 0 Å². The number of aromatic hydroxyl groups is 1. The Morgan fingerprint density at radius 3 is 2.69 bits per heavy atom. The summed E-state index contributed by atoms with van der Waals surface area (Å²) in [7, 11) is 0. The number of hydrogen-bond acceptors (Lipinski definition) is 4. The van der Waals surface area contributed by atoms with Gasteiger partial charge in [0.05, 0.1) is 11.2 Å². The fourth-order valence-electron chi connectivity index (χ4n) is 3.39. The number of likely N-dealkylation sites (tertiary alicyclic amines) is 1. The number of nitrogens with zero attached hydrogens (tertiary/aromatic N) is 2. The minimum atomic E-state index is -0.885. The van der Waals surface area contributed by atoms with Crippen LogP contribution in [-0.4, -0.2) is 45.3 Å². The molecular weight excluding hydrogens is 330 g/mol. The van der Waals surface area contributed by atoms with Gasteiger partial charge in [0.15, 0.2) is 0 Å². The number of nitrogens with one attached hydrogen (secondary N) is 1. The van der Waals surface area contributed by atoms with E-state index < -0.39 is 6.09 Å². The molecule has 3 N–H and O–H groups in total. The molecule has 0 spiro atoms. The number of carbonyl (C=O) groups is 1. The Morgan fingerprint density at radius 2 is 1.92 bits per heavy atom. The number of amides is 1. The minimum absolute atomic E-state index is 0.0501. The monoisotopic (exact) mass is 349 g/mol. The number of para-hydroxylation sites is 2. The van der Waals surface area contributed by atoms with Crippen molar-refractivity contribution in [1.82, 2.24) is 9.88 Å². The number of carboxylic acid groups (broad SMARTS) is 1. The van der Waals surface area contributed by atoms with Crippen molar-refractivity contribution < 1.29 is 15.0 Å². The molecular formula is C20H19N3O3. The van der Waals surface area contributed by atoms with E-state index in [0.717, 1.165) is 23.0 Å². The van der Waals surface area contributed by atoms with Gasteiger partial charge >= 0.3 is 6.09 Å². The van der Waals surface area contributed by atoms with Crippen LogP contribution in [-0.2, 0) is 0 Å². The van der Waals surface area contributed by atoms with Crippen molar-refractivity contribution in [2.75, 3.05) is 18.4 Å². The van der Waals surface area contributed by atoms with Crippen LogP contribution in [0, 0.1) is 0 Å². The number of rotatable bonds is 3. The molecule has 2 heterocycles. The van der Waals surface area contributed by atoms with E-state index in [9.17, 15) is 9.90 Å². The Labute approximate surface area is 150 Å². The number of phenols is 1. The Balaban J connectivity index is 1.74. The van der Waals surface area contributed by atoms with Gasteiger partial charge in [-0.2, -0.15) is 0 Å². The first kappa shape index (κ1) is 16.2. The van der Waals surface area contributed by atoms with Gasteiger partial charge in [0.2, 0.25) is 0 Å². The van der Waals surface area contributed by atoms with E-state index in [1.54, 1.807) is 12.1 Å². The minimum Gasteiger partial charge on any atom is -0.507 e. The van der Waals surface area contributed by atoms with Crippen molar-refractivity contribution in [2.45, 2.75) is 12.5 Å². The molecule has 1 aromatic heterocycles. The SMILES string of the molecule is O=C(O)N1CCC(Nc2cc(-c3ccccc3O)nc3ccccc23)C1. The molecule has 0 bridgehead atoms. The third-order valence-electron chi connectivity index (χ3n) is 4.71. The van der Waals surface area contributed by atoms with Gasteiger partial charge in [0, 0.05) is 35.8 Å². The number of fused-ring (bicyclic) bond motifs is 1. The van der Waals surface area contributed by atoms with Crippen molar-refractivity contribution >= 4 is 22.7 Å². The standard InChI is InChI=1S/C20H19N3O3/c24-19-8-4-2-6-15(19)18-11-17(14-5-1-3-7-16(14)22-18)21-13-9-10-23(12-13)20(25)26/h1-8,11,13,24H,9-10,12H2,(H,21,22)(H,25,26). The van der Waals surface area contributed by atoms with Crippen LogP contribution in [0.4, 0.5) is 10.5 Å². The summed E-state index contributed by atoms with van der Waals surface area (Å²) in [6.07, 6.45) is -0.127. The molecule has 26 heavy (non-hydrogen) atoms. The van der Waals surface area contributed by atoms with Crippen LogP contribution in [0.15, 0.2) is 54.6 Å². The molecule has 1 saturated heterocycles. The van der Waals surface area contributed by atoms with Gasteiger partial charge < -0.3 is 20.4 Å². The van der Waals surface area contributed by atoms with E-state index in [1.807, 2.05) is 42.5 Å². The second-order valence-corrected chi connectivity index (χ2v) is 6.45. The lowest BCUT2D eigenvalue weighted by Gasteiger charge is -2.18. The second-order valence-electron chi connectivity index (χ2n) is 6.45. The average molecular weight is 349 g/mol. The highest BCUT2D eigenvalue weighted by molar-refractivity contribution is 5.94. The van der Waals surface area contributed by atoms with E-state index in [1.165, 1.54) is 4.90 Å². The van der Waals surface area contributed by atoms with E-state index in [2.05, 4.69) is 10.3 Å². The summed E-state index contributed by atoms with van der Waals surface area (Å²) in [4.78, 5) is 17.3. The molecule has 0 radical (unpaired) electrons. The van der Waals surface area contributed by atoms with Crippen LogP contribution < -0.4 is 5.32 Å². The highest BCUT2D eigenvalue weighted by Gasteiger charge is 2.26. The maximum absolute atomic E-state index is 11.1. The lowest BCUT2D eigenvalue weighted by Crippen LogP contribution is -2.30. The van der Waals surface area contributed by atoms with Crippen LogP contribution in [0.25, 0.3) is 22.2 Å². The maximum atomic E-state index is 11.1. The van der Waals surface area contributed by atoms with E-state index in [-0.39, 0.29) is 11.8 Å². The molecule has 1 unspecified atom stereocenters. The second kappa shape index (κ2) is 6.55. The van der Waals surface area contributed by atoms with E-state index in [0.29, 0.717) is 24.3 Å². The van der Waals surface area contributed by atoms with Gasteiger partial charge in [-0.25, -0.2) is 9.78 Å². The van der Waals surface area contributed by atoms with Gasteiger partial charge in [0.1, 0.15) is 5.75 Å². The molecule has 0 aliphatic carbocycles. The van der Waals surface area contributed by atoms with Crippen LogP contribution in [0.5, 0.6) is 5.75 Å². The molecule has 2 aromatic carbocycles. The smallest absolute Gasteiger partial charge is 0.407 e. The fourth-order valence-corrected chi connectivity index (χ4v) is 3.39.